The molecule has 2 aromatic rings. The molecule has 30 heavy (non-hydrogen) atoms. The van der Waals surface area contributed by atoms with Gasteiger partial charge in [0.1, 0.15) is 5.75 Å². The van der Waals surface area contributed by atoms with Gasteiger partial charge in [0.15, 0.2) is 13.1 Å². The van der Waals surface area contributed by atoms with Crippen LogP contribution in [-0.4, -0.2) is 51.1 Å². The Morgan fingerprint density at radius 2 is 1.53 bits per heavy atom. The smallest absolute Gasteiger partial charge is 0.338 e. The van der Waals surface area contributed by atoms with Crippen LogP contribution >= 0.6 is 0 Å². The van der Waals surface area contributed by atoms with Crippen LogP contribution in [0.4, 0.5) is 11.4 Å². The van der Waals surface area contributed by atoms with Crippen molar-refractivity contribution in [3.63, 3.8) is 0 Å². The molecule has 0 saturated carbocycles. The highest BCUT2D eigenvalue weighted by Gasteiger charge is 2.17. The van der Waals surface area contributed by atoms with Crippen molar-refractivity contribution in [2.24, 2.45) is 0 Å². The first-order valence-corrected chi connectivity index (χ1v) is 9.79. The van der Waals surface area contributed by atoms with Gasteiger partial charge in [0.05, 0.1) is 25.8 Å². The van der Waals surface area contributed by atoms with Gasteiger partial charge < -0.3 is 25.0 Å². The van der Waals surface area contributed by atoms with E-state index in [2.05, 4.69) is 10.6 Å². The number of hydrogen-bond acceptors (Lipinski definition) is 5. The molecule has 0 aliphatic rings. The topological polar surface area (TPSA) is 98.2 Å². The molecule has 2 rings (SSSR count). The van der Waals surface area contributed by atoms with Gasteiger partial charge in [-0.2, -0.15) is 0 Å². The van der Waals surface area contributed by atoms with E-state index in [9.17, 15) is 14.4 Å². The van der Waals surface area contributed by atoms with Crippen LogP contribution in [0.1, 0.15) is 24.2 Å². The SMILES string of the molecule is CCOC(=O)c1ccc(NC(=O)C[NH+](CC)CC(=O)Nc2cccc(OC)c2)cc1. The number of nitrogens with one attached hydrogen (secondary N) is 3. The van der Waals surface area contributed by atoms with Gasteiger partial charge >= 0.3 is 5.97 Å². The van der Waals surface area contributed by atoms with Gasteiger partial charge in [0.25, 0.3) is 11.8 Å². The minimum absolute atomic E-state index is 0.141. The predicted molar refractivity (Wildman–Crippen MR) is 114 cm³/mol. The number of methoxy groups -OCH3 is 1. The third-order valence-corrected chi connectivity index (χ3v) is 4.35. The van der Waals surface area contributed by atoms with Crippen molar-refractivity contribution < 1.29 is 28.8 Å². The van der Waals surface area contributed by atoms with Crippen LogP contribution in [0.5, 0.6) is 5.75 Å². The molecule has 0 bridgehead atoms. The van der Waals surface area contributed by atoms with Crippen molar-refractivity contribution in [1.82, 2.24) is 0 Å². The Balaban J connectivity index is 1.86. The van der Waals surface area contributed by atoms with Crippen LogP contribution in [0.15, 0.2) is 48.5 Å². The molecule has 0 heterocycles. The molecule has 2 amide bonds. The number of quaternary nitrogens is 1. The molecule has 1 atom stereocenters. The second kappa shape index (κ2) is 11.6. The lowest BCUT2D eigenvalue weighted by atomic mass is 10.2. The Kier molecular flexibility index (Phi) is 8.83. The van der Waals surface area contributed by atoms with Gasteiger partial charge in [-0.25, -0.2) is 4.79 Å². The van der Waals surface area contributed by atoms with E-state index in [1.165, 1.54) is 0 Å². The maximum Gasteiger partial charge on any atom is 0.338 e. The highest BCUT2D eigenvalue weighted by Crippen LogP contribution is 2.16. The summed E-state index contributed by atoms with van der Waals surface area (Å²) >= 11 is 0. The van der Waals surface area contributed by atoms with Crippen LogP contribution in [0, 0.1) is 0 Å². The first kappa shape index (κ1) is 22.9. The van der Waals surface area contributed by atoms with Gasteiger partial charge in [0, 0.05) is 17.4 Å². The summed E-state index contributed by atoms with van der Waals surface area (Å²) in [5.74, 6) is -0.156. The molecule has 160 valence electrons. The molecular formula is C22H28N3O5+. The van der Waals surface area contributed by atoms with E-state index < -0.39 is 5.97 Å². The lowest BCUT2D eigenvalue weighted by molar-refractivity contribution is -0.881. The predicted octanol–water partition coefficient (Wildman–Crippen LogP) is 1.35. The molecule has 0 saturated heterocycles. The third kappa shape index (κ3) is 7.21. The molecule has 0 fully saturated rings. The normalized spacial score (nSPS) is 11.3. The number of hydrogen-bond donors (Lipinski definition) is 3. The number of esters is 1. The van der Waals surface area contributed by atoms with Crippen molar-refractivity contribution in [3.05, 3.63) is 54.1 Å². The van der Waals surface area contributed by atoms with Crippen LogP contribution < -0.4 is 20.3 Å². The second-order valence-electron chi connectivity index (χ2n) is 6.58. The van der Waals surface area contributed by atoms with Crippen LogP contribution in [0.3, 0.4) is 0 Å². The van der Waals surface area contributed by atoms with Crippen molar-refractivity contribution in [2.75, 3.05) is 44.0 Å². The lowest BCUT2D eigenvalue weighted by Crippen LogP contribution is -3.13. The number of amides is 2. The molecule has 0 aliphatic heterocycles. The zero-order valence-corrected chi connectivity index (χ0v) is 17.5. The highest BCUT2D eigenvalue weighted by molar-refractivity contribution is 5.94. The molecule has 0 spiro atoms. The molecular weight excluding hydrogens is 386 g/mol. The quantitative estimate of drug-likeness (QED) is 0.510. The largest absolute Gasteiger partial charge is 0.497 e. The van der Waals surface area contributed by atoms with E-state index in [0.717, 1.165) is 4.90 Å². The highest BCUT2D eigenvalue weighted by atomic mass is 16.5. The van der Waals surface area contributed by atoms with Crippen molar-refractivity contribution in [3.8, 4) is 5.75 Å². The van der Waals surface area contributed by atoms with E-state index in [1.807, 2.05) is 6.92 Å². The number of carbonyl (C=O) groups is 3. The maximum absolute atomic E-state index is 12.4. The van der Waals surface area contributed by atoms with Crippen LogP contribution in [-0.2, 0) is 14.3 Å². The zero-order valence-electron chi connectivity index (χ0n) is 17.5. The van der Waals surface area contributed by atoms with E-state index in [-0.39, 0.29) is 24.9 Å². The number of likely N-dealkylation sites (N-methyl/N-ethyl adjacent to an activating group) is 1. The third-order valence-electron chi connectivity index (χ3n) is 4.35. The van der Waals surface area contributed by atoms with Crippen molar-refractivity contribution in [1.29, 1.82) is 0 Å². The zero-order chi connectivity index (χ0) is 21.9. The van der Waals surface area contributed by atoms with Crippen LogP contribution in [0.25, 0.3) is 0 Å². The van der Waals surface area contributed by atoms with E-state index in [4.69, 9.17) is 9.47 Å². The fourth-order valence-corrected chi connectivity index (χ4v) is 2.78. The Bertz CT molecular complexity index is 867. The summed E-state index contributed by atoms with van der Waals surface area (Å²) < 4.78 is 10.1. The van der Waals surface area contributed by atoms with E-state index in [1.54, 1.807) is 62.6 Å². The molecule has 0 radical (unpaired) electrons. The van der Waals surface area contributed by atoms with E-state index >= 15 is 0 Å². The average molecular weight is 414 g/mol. The average Bonchev–Trinajstić information content (AvgIpc) is 2.74. The molecule has 3 N–H and O–H groups in total. The Morgan fingerprint density at radius 1 is 0.900 bits per heavy atom. The number of rotatable bonds is 10. The summed E-state index contributed by atoms with van der Waals surface area (Å²) in [4.78, 5) is 37.2. The van der Waals surface area contributed by atoms with Gasteiger partial charge in [-0.3, -0.25) is 9.59 Å². The summed E-state index contributed by atoms with van der Waals surface area (Å²) in [5, 5.41) is 5.60. The fourth-order valence-electron chi connectivity index (χ4n) is 2.78. The number of anilines is 2. The summed E-state index contributed by atoms with van der Waals surface area (Å²) in [6, 6.07) is 13.6. The first-order chi connectivity index (χ1) is 14.4. The number of ether oxygens (including phenoxy) is 2. The van der Waals surface area contributed by atoms with Gasteiger partial charge in [-0.15, -0.1) is 0 Å². The summed E-state index contributed by atoms with van der Waals surface area (Å²) in [6.45, 7) is 4.87. The number of benzene rings is 2. The first-order valence-electron chi connectivity index (χ1n) is 9.79. The monoisotopic (exact) mass is 414 g/mol. The molecule has 2 aromatic carbocycles. The maximum atomic E-state index is 12.4. The molecule has 8 nitrogen and oxygen atoms in total. The van der Waals surface area contributed by atoms with Gasteiger partial charge in [-0.05, 0) is 50.2 Å². The van der Waals surface area contributed by atoms with Crippen molar-refractivity contribution in [2.45, 2.75) is 13.8 Å². The summed E-state index contributed by atoms with van der Waals surface area (Å²) in [5.41, 5.74) is 1.63. The van der Waals surface area contributed by atoms with Gasteiger partial charge in [-0.1, -0.05) is 6.07 Å². The lowest BCUT2D eigenvalue weighted by Gasteiger charge is -2.17. The minimum atomic E-state index is -0.404. The Labute approximate surface area is 176 Å². The fraction of sp³-hybridized carbons (Fsp3) is 0.318. The summed E-state index contributed by atoms with van der Waals surface area (Å²) in [7, 11) is 1.56. The second-order valence-corrected chi connectivity index (χ2v) is 6.58. The minimum Gasteiger partial charge on any atom is -0.497 e. The van der Waals surface area contributed by atoms with Crippen molar-refractivity contribution >= 4 is 29.2 Å². The van der Waals surface area contributed by atoms with Crippen LogP contribution in [0.2, 0.25) is 0 Å². The molecule has 1 unspecified atom stereocenters. The standard InChI is InChI=1S/C22H27N3O5/c1-4-25(15-21(27)24-18-7-6-8-19(13-18)29-3)14-20(26)23-17-11-9-16(10-12-17)22(28)30-5-2/h6-13H,4-5,14-15H2,1-3H3,(H,23,26)(H,24,27)/p+1. The molecule has 0 aromatic heterocycles. The molecule has 8 heteroatoms. The molecule has 0 aliphatic carbocycles. The summed E-state index contributed by atoms with van der Waals surface area (Å²) in [6.07, 6.45) is 0. The Morgan fingerprint density at radius 3 is 2.10 bits per heavy atom. The number of carbonyl (C=O) groups excluding carboxylic acids is 3. The Hall–Kier alpha value is -3.39. The van der Waals surface area contributed by atoms with E-state index in [0.29, 0.717) is 35.8 Å². The van der Waals surface area contributed by atoms with Gasteiger partial charge in [0.2, 0.25) is 0 Å².